The molecule has 35 heavy (non-hydrogen) atoms. The number of aromatic nitrogens is 4. The number of nitrogens with zero attached hydrogens (tertiary/aromatic N) is 5. The number of ether oxygens (including phenoxy) is 1. The molecule has 0 radical (unpaired) electrons. The van der Waals surface area contributed by atoms with E-state index >= 15 is 0 Å². The summed E-state index contributed by atoms with van der Waals surface area (Å²) in [6.45, 7) is 3.41. The summed E-state index contributed by atoms with van der Waals surface area (Å²) in [7, 11) is 0. The molecule has 7 nitrogen and oxygen atoms in total. The first-order chi connectivity index (χ1) is 17.1. The monoisotopic (exact) mass is 485 g/mol. The number of pyridine rings is 2. The Bertz CT molecular complexity index is 1440. The van der Waals surface area contributed by atoms with E-state index < -0.39 is 0 Å². The van der Waals surface area contributed by atoms with Crippen LogP contribution in [0.3, 0.4) is 0 Å². The highest BCUT2D eigenvalue weighted by molar-refractivity contribution is 6.30. The minimum absolute atomic E-state index is 0.163. The van der Waals surface area contributed by atoms with E-state index in [0.29, 0.717) is 42.8 Å². The average molecular weight is 486 g/mol. The molecule has 1 amide bonds. The van der Waals surface area contributed by atoms with Crippen LogP contribution in [0.15, 0.2) is 48.9 Å². The van der Waals surface area contributed by atoms with Gasteiger partial charge in [0.15, 0.2) is 0 Å². The average Bonchev–Trinajstić information content (AvgIpc) is 3.62. The highest BCUT2D eigenvalue weighted by Gasteiger charge is 2.28. The number of halogens is 1. The van der Waals surface area contributed by atoms with E-state index in [4.69, 9.17) is 16.3 Å². The van der Waals surface area contributed by atoms with Gasteiger partial charge in [-0.25, -0.2) is 15.0 Å². The zero-order chi connectivity index (χ0) is 23.9. The van der Waals surface area contributed by atoms with Gasteiger partial charge in [0.1, 0.15) is 11.0 Å². The van der Waals surface area contributed by atoms with E-state index in [-0.39, 0.29) is 5.91 Å². The molecular weight excluding hydrogens is 462 g/mol. The van der Waals surface area contributed by atoms with Crippen molar-refractivity contribution in [1.82, 2.24) is 19.9 Å². The van der Waals surface area contributed by atoms with Gasteiger partial charge in [-0.1, -0.05) is 30.7 Å². The summed E-state index contributed by atoms with van der Waals surface area (Å²) in [5.41, 5.74) is 5.87. The zero-order valence-corrected chi connectivity index (χ0v) is 20.1. The van der Waals surface area contributed by atoms with Crippen LogP contribution in [0.4, 0.5) is 5.69 Å². The van der Waals surface area contributed by atoms with Gasteiger partial charge >= 0.3 is 0 Å². The number of fused-ring (bicyclic) bond motifs is 3. The molecule has 0 N–H and O–H groups in total. The lowest BCUT2D eigenvalue weighted by Gasteiger charge is -2.25. The molecule has 8 heteroatoms. The highest BCUT2D eigenvalue weighted by atomic mass is 35.5. The van der Waals surface area contributed by atoms with E-state index in [1.807, 2.05) is 37.3 Å². The maximum Gasteiger partial charge on any atom is 0.261 e. The minimum Gasteiger partial charge on any atom is -0.372 e. The number of benzene rings is 1. The van der Waals surface area contributed by atoms with Crippen molar-refractivity contribution in [3.63, 3.8) is 0 Å². The number of amides is 1. The molecule has 1 aromatic carbocycles. The minimum atomic E-state index is -0.163. The Morgan fingerprint density at radius 2 is 1.91 bits per heavy atom. The van der Waals surface area contributed by atoms with Gasteiger partial charge in [0.2, 0.25) is 0 Å². The summed E-state index contributed by atoms with van der Waals surface area (Å²) in [5, 5.41) is 1.51. The fourth-order valence-corrected chi connectivity index (χ4v) is 4.86. The quantitative estimate of drug-likeness (QED) is 0.340. The SMILES string of the molecule is CCc1ncccc1N(Cc1ccc2c3c(c(Cl)nc2c1)COC3)C(=O)c1cnc(C2CC2)nc1. The molecular formula is C27H24ClN5O2. The Balaban J connectivity index is 1.38. The molecule has 6 rings (SSSR count). The fourth-order valence-electron chi connectivity index (χ4n) is 4.60. The molecule has 4 heterocycles. The lowest BCUT2D eigenvalue weighted by atomic mass is 10.0. The normalized spacial score (nSPS) is 14.8. The van der Waals surface area contributed by atoms with E-state index in [9.17, 15) is 4.79 Å². The summed E-state index contributed by atoms with van der Waals surface area (Å²) in [4.78, 5) is 33.5. The van der Waals surface area contributed by atoms with Crippen LogP contribution in [0.1, 0.15) is 64.2 Å². The molecule has 4 aromatic rings. The summed E-state index contributed by atoms with van der Waals surface area (Å²) in [6.07, 6.45) is 7.97. The molecule has 0 bridgehead atoms. The van der Waals surface area contributed by atoms with Gasteiger partial charge in [0, 0.05) is 35.5 Å². The smallest absolute Gasteiger partial charge is 0.261 e. The van der Waals surface area contributed by atoms with Crippen LogP contribution in [-0.2, 0) is 30.9 Å². The number of hydrogen-bond donors (Lipinski definition) is 0. The van der Waals surface area contributed by atoms with Crippen LogP contribution in [-0.4, -0.2) is 25.8 Å². The van der Waals surface area contributed by atoms with Gasteiger partial charge in [0.25, 0.3) is 5.91 Å². The summed E-state index contributed by atoms with van der Waals surface area (Å²) in [6, 6.07) is 9.86. The van der Waals surface area contributed by atoms with E-state index in [1.165, 1.54) is 0 Å². The Hall–Kier alpha value is -3.42. The molecule has 1 fully saturated rings. The second-order valence-corrected chi connectivity index (χ2v) is 9.38. The third kappa shape index (κ3) is 4.15. The number of carbonyl (C=O) groups excluding carboxylic acids is 1. The molecule has 0 spiro atoms. The zero-order valence-electron chi connectivity index (χ0n) is 19.4. The third-order valence-electron chi connectivity index (χ3n) is 6.65. The van der Waals surface area contributed by atoms with Crippen molar-refractivity contribution in [2.45, 2.75) is 51.9 Å². The number of hydrogen-bond acceptors (Lipinski definition) is 6. The molecule has 0 saturated heterocycles. The molecule has 0 atom stereocenters. The Morgan fingerprint density at radius 1 is 1.11 bits per heavy atom. The van der Waals surface area contributed by atoms with Crippen molar-refractivity contribution in [2.24, 2.45) is 0 Å². The van der Waals surface area contributed by atoms with Crippen LogP contribution in [0.25, 0.3) is 10.9 Å². The molecule has 1 aliphatic carbocycles. The van der Waals surface area contributed by atoms with Crippen LogP contribution in [0, 0.1) is 0 Å². The van der Waals surface area contributed by atoms with Crippen molar-refractivity contribution in [3.8, 4) is 0 Å². The van der Waals surface area contributed by atoms with Crippen LogP contribution >= 0.6 is 11.6 Å². The summed E-state index contributed by atoms with van der Waals surface area (Å²) >= 11 is 6.43. The maximum atomic E-state index is 13.8. The first kappa shape index (κ1) is 22.1. The standard InChI is InChI=1S/C27H24ClN5O2/c1-2-22-24(4-3-9-29-22)33(27(34)18-11-30-26(31-12-18)17-6-7-17)13-16-5-8-19-20-14-35-15-21(20)25(28)32-23(19)10-16/h3-5,8-12,17H,2,6-7,13-15H2,1H3. The second-order valence-electron chi connectivity index (χ2n) is 9.02. The van der Waals surface area contributed by atoms with E-state index in [1.54, 1.807) is 23.5 Å². The molecule has 176 valence electrons. The van der Waals surface area contributed by atoms with Crippen molar-refractivity contribution >= 4 is 34.1 Å². The molecule has 0 unspecified atom stereocenters. The number of anilines is 1. The summed E-state index contributed by atoms with van der Waals surface area (Å²) < 4.78 is 5.59. The van der Waals surface area contributed by atoms with Crippen molar-refractivity contribution in [3.05, 3.63) is 87.8 Å². The van der Waals surface area contributed by atoms with Gasteiger partial charge in [-0.3, -0.25) is 9.78 Å². The second kappa shape index (κ2) is 8.98. The first-order valence-electron chi connectivity index (χ1n) is 11.9. The fraction of sp³-hybridized carbons (Fsp3) is 0.296. The molecule has 1 aliphatic heterocycles. The molecule has 2 aliphatic rings. The van der Waals surface area contributed by atoms with E-state index in [0.717, 1.165) is 57.6 Å². The first-order valence-corrected chi connectivity index (χ1v) is 12.3. The topological polar surface area (TPSA) is 81.1 Å². The molecule has 3 aromatic heterocycles. The highest BCUT2D eigenvalue weighted by Crippen LogP contribution is 2.38. The van der Waals surface area contributed by atoms with Gasteiger partial charge in [-0.05, 0) is 48.6 Å². The Labute approximate surface area is 208 Å². The Kier molecular flexibility index (Phi) is 5.66. The van der Waals surface area contributed by atoms with E-state index in [2.05, 4.69) is 19.9 Å². The number of carbonyl (C=O) groups is 1. The lowest BCUT2D eigenvalue weighted by molar-refractivity contribution is 0.0984. The van der Waals surface area contributed by atoms with Crippen LogP contribution in [0.2, 0.25) is 5.15 Å². The van der Waals surface area contributed by atoms with Crippen LogP contribution < -0.4 is 4.90 Å². The van der Waals surface area contributed by atoms with Crippen molar-refractivity contribution < 1.29 is 9.53 Å². The van der Waals surface area contributed by atoms with Gasteiger partial charge in [-0.15, -0.1) is 0 Å². The Morgan fingerprint density at radius 3 is 2.69 bits per heavy atom. The third-order valence-corrected chi connectivity index (χ3v) is 6.96. The number of rotatable bonds is 6. The van der Waals surface area contributed by atoms with Crippen molar-refractivity contribution in [2.75, 3.05) is 4.90 Å². The van der Waals surface area contributed by atoms with Gasteiger partial charge in [-0.2, -0.15) is 0 Å². The lowest BCUT2D eigenvalue weighted by Crippen LogP contribution is -2.31. The van der Waals surface area contributed by atoms with Gasteiger partial charge in [0.05, 0.1) is 42.2 Å². The maximum absolute atomic E-state index is 13.8. The molecule has 1 saturated carbocycles. The predicted molar refractivity (Wildman–Crippen MR) is 133 cm³/mol. The van der Waals surface area contributed by atoms with Gasteiger partial charge < -0.3 is 9.64 Å². The van der Waals surface area contributed by atoms with Crippen molar-refractivity contribution in [1.29, 1.82) is 0 Å². The van der Waals surface area contributed by atoms with Crippen LogP contribution in [0.5, 0.6) is 0 Å². The largest absolute Gasteiger partial charge is 0.372 e. The summed E-state index contributed by atoms with van der Waals surface area (Å²) in [5.74, 6) is 1.09. The predicted octanol–water partition coefficient (Wildman–Crippen LogP) is 5.39. The number of aryl methyl sites for hydroxylation is 1.